The first kappa shape index (κ1) is 11.6. The molecule has 0 saturated heterocycles. The summed E-state index contributed by atoms with van der Waals surface area (Å²) in [6.45, 7) is 5.99. The molecule has 0 aliphatic carbocycles. The summed E-state index contributed by atoms with van der Waals surface area (Å²) < 4.78 is 5.24. The molecule has 0 spiro atoms. The highest BCUT2D eigenvalue weighted by Gasteiger charge is 2.07. The van der Waals surface area contributed by atoms with Crippen LogP contribution in [0.5, 0.6) is 0 Å². The predicted octanol–water partition coefficient (Wildman–Crippen LogP) is 1.14. The molecule has 0 aliphatic heterocycles. The summed E-state index contributed by atoms with van der Waals surface area (Å²) in [4.78, 5) is 10.9. The van der Waals surface area contributed by atoms with Gasteiger partial charge in [-0.2, -0.15) is 0 Å². The fraction of sp³-hybridized carbons (Fsp3) is 0.889. The molecule has 0 unspecified atom stereocenters. The summed E-state index contributed by atoms with van der Waals surface area (Å²) in [5.41, 5.74) is 0. The van der Waals surface area contributed by atoms with Crippen LogP contribution in [0.15, 0.2) is 0 Å². The average Bonchev–Trinajstić information content (AvgIpc) is 1.97. The number of aliphatic hydroxyl groups excluding tert-OH is 1. The van der Waals surface area contributed by atoms with E-state index in [-0.39, 0.29) is 11.9 Å². The maximum atomic E-state index is 10.9. The Morgan fingerprint density at radius 2 is 2.00 bits per heavy atom. The molecule has 0 saturated carbocycles. The van der Waals surface area contributed by atoms with Gasteiger partial charge in [-0.05, 0) is 27.2 Å². The van der Waals surface area contributed by atoms with Crippen molar-refractivity contribution in [3.63, 3.8) is 0 Å². The second-order valence-corrected chi connectivity index (χ2v) is 3.17. The largest absolute Gasteiger partial charge is 0.386 e. The van der Waals surface area contributed by atoms with Gasteiger partial charge >= 0.3 is 0 Å². The highest BCUT2D eigenvalue weighted by atomic mass is 16.5. The monoisotopic (exact) mass is 174 g/mol. The van der Waals surface area contributed by atoms with Gasteiger partial charge in [0.25, 0.3) is 0 Å². The molecule has 3 nitrogen and oxygen atoms in total. The number of Topliss-reactive ketones (excluding diaryl/α,β-unsaturated/α-hetero) is 1. The van der Waals surface area contributed by atoms with Crippen molar-refractivity contribution >= 4 is 5.78 Å². The van der Waals surface area contributed by atoms with Crippen molar-refractivity contribution in [1.29, 1.82) is 0 Å². The van der Waals surface area contributed by atoms with Crippen LogP contribution < -0.4 is 0 Å². The van der Waals surface area contributed by atoms with E-state index in [0.29, 0.717) is 19.4 Å². The van der Waals surface area contributed by atoms with Crippen molar-refractivity contribution < 1.29 is 14.6 Å². The maximum absolute atomic E-state index is 10.9. The Bertz CT molecular complexity index is 130. The topological polar surface area (TPSA) is 46.5 Å². The summed E-state index contributed by atoms with van der Waals surface area (Å²) in [5, 5.41) is 8.84. The molecule has 0 aromatic heterocycles. The molecule has 0 amide bonds. The van der Waals surface area contributed by atoms with Crippen LogP contribution in [-0.2, 0) is 9.53 Å². The molecule has 12 heavy (non-hydrogen) atoms. The van der Waals surface area contributed by atoms with E-state index in [0.717, 1.165) is 0 Å². The lowest BCUT2D eigenvalue weighted by Gasteiger charge is -2.07. The van der Waals surface area contributed by atoms with Crippen molar-refractivity contribution in [2.75, 3.05) is 6.61 Å². The molecule has 72 valence electrons. The smallest absolute Gasteiger partial charge is 0.161 e. The quantitative estimate of drug-likeness (QED) is 0.614. The number of aliphatic hydroxyl groups is 1. The van der Waals surface area contributed by atoms with Crippen LogP contribution in [-0.4, -0.2) is 29.7 Å². The molecule has 0 heterocycles. The van der Waals surface area contributed by atoms with Gasteiger partial charge in [0, 0.05) is 13.0 Å². The van der Waals surface area contributed by atoms with Crippen molar-refractivity contribution in [2.45, 2.75) is 45.8 Å². The van der Waals surface area contributed by atoms with Crippen molar-refractivity contribution in [2.24, 2.45) is 0 Å². The summed E-state index contributed by atoms with van der Waals surface area (Å²) in [6.07, 6.45) is 0.488. The molecule has 1 atom stereocenters. The number of rotatable bonds is 6. The fourth-order valence-corrected chi connectivity index (χ4v) is 0.774. The van der Waals surface area contributed by atoms with Gasteiger partial charge in [-0.25, -0.2) is 0 Å². The van der Waals surface area contributed by atoms with Crippen LogP contribution in [0.4, 0.5) is 0 Å². The van der Waals surface area contributed by atoms with E-state index in [4.69, 9.17) is 9.84 Å². The minimum Gasteiger partial charge on any atom is -0.386 e. The highest BCUT2D eigenvalue weighted by molar-refractivity contribution is 5.82. The average molecular weight is 174 g/mol. The fourth-order valence-electron chi connectivity index (χ4n) is 0.774. The third kappa shape index (κ3) is 6.31. The van der Waals surface area contributed by atoms with Crippen LogP contribution in [0.25, 0.3) is 0 Å². The van der Waals surface area contributed by atoms with E-state index in [1.807, 2.05) is 13.8 Å². The number of carbonyl (C=O) groups is 1. The standard InChI is InChI=1S/C9H18O3/c1-7(2)12-6-4-5-9(11)8(3)10/h7-8,10H,4-6H2,1-3H3/t8-/m0/s1. The van der Waals surface area contributed by atoms with E-state index in [1.165, 1.54) is 6.92 Å². The summed E-state index contributed by atoms with van der Waals surface area (Å²) >= 11 is 0. The second-order valence-electron chi connectivity index (χ2n) is 3.17. The minimum atomic E-state index is -0.830. The zero-order valence-electron chi connectivity index (χ0n) is 8.04. The summed E-state index contributed by atoms with van der Waals surface area (Å²) in [7, 11) is 0. The Hall–Kier alpha value is -0.410. The molecule has 0 aromatic rings. The lowest BCUT2D eigenvalue weighted by molar-refractivity contribution is -0.126. The van der Waals surface area contributed by atoms with E-state index < -0.39 is 6.10 Å². The maximum Gasteiger partial charge on any atom is 0.161 e. The molecule has 0 aromatic carbocycles. The van der Waals surface area contributed by atoms with E-state index in [2.05, 4.69) is 0 Å². The Balaban J connectivity index is 3.26. The Labute approximate surface area is 73.7 Å². The van der Waals surface area contributed by atoms with Gasteiger partial charge in [0.05, 0.1) is 6.10 Å². The van der Waals surface area contributed by atoms with Gasteiger partial charge in [0.2, 0.25) is 0 Å². The third-order valence-electron chi connectivity index (χ3n) is 1.48. The number of ketones is 1. The lowest BCUT2D eigenvalue weighted by atomic mass is 10.1. The molecular formula is C9H18O3. The van der Waals surface area contributed by atoms with Crippen LogP contribution in [0, 0.1) is 0 Å². The Morgan fingerprint density at radius 1 is 1.42 bits per heavy atom. The van der Waals surface area contributed by atoms with Crippen LogP contribution in [0.1, 0.15) is 33.6 Å². The predicted molar refractivity (Wildman–Crippen MR) is 47.0 cm³/mol. The number of hydrogen-bond donors (Lipinski definition) is 1. The van der Waals surface area contributed by atoms with E-state index >= 15 is 0 Å². The van der Waals surface area contributed by atoms with E-state index in [9.17, 15) is 4.79 Å². The van der Waals surface area contributed by atoms with Crippen molar-refractivity contribution in [3.8, 4) is 0 Å². The first-order valence-corrected chi connectivity index (χ1v) is 4.36. The van der Waals surface area contributed by atoms with Crippen LogP contribution in [0.2, 0.25) is 0 Å². The molecule has 1 N–H and O–H groups in total. The van der Waals surface area contributed by atoms with Gasteiger partial charge in [-0.1, -0.05) is 0 Å². The Morgan fingerprint density at radius 3 is 2.42 bits per heavy atom. The third-order valence-corrected chi connectivity index (χ3v) is 1.48. The molecular weight excluding hydrogens is 156 g/mol. The van der Waals surface area contributed by atoms with Gasteiger partial charge in [0.1, 0.15) is 6.10 Å². The molecule has 3 heteroatoms. The SMILES string of the molecule is CC(C)OCCCC(=O)[C@H](C)O. The summed E-state index contributed by atoms with van der Waals surface area (Å²) in [5.74, 6) is -0.109. The number of ether oxygens (including phenoxy) is 1. The second kappa shape index (κ2) is 6.14. The molecule has 0 aliphatic rings. The number of hydrogen-bond acceptors (Lipinski definition) is 3. The van der Waals surface area contributed by atoms with Crippen LogP contribution >= 0.6 is 0 Å². The van der Waals surface area contributed by atoms with E-state index in [1.54, 1.807) is 0 Å². The number of carbonyl (C=O) groups excluding carboxylic acids is 1. The first-order chi connectivity index (χ1) is 5.54. The van der Waals surface area contributed by atoms with Crippen LogP contribution in [0.3, 0.4) is 0 Å². The summed E-state index contributed by atoms with van der Waals surface area (Å²) in [6, 6.07) is 0. The van der Waals surface area contributed by atoms with Crippen molar-refractivity contribution in [1.82, 2.24) is 0 Å². The van der Waals surface area contributed by atoms with Gasteiger partial charge < -0.3 is 9.84 Å². The zero-order valence-corrected chi connectivity index (χ0v) is 8.04. The lowest BCUT2D eigenvalue weighted by Crippen LogP contribution is -2.16. The minimum absolute atomic E-state index is 0.109. The van der Waals surface area contributed by atoms with Gasteiger partial charge in [0.15, 0.2) is 5.78 Å². The van der Waals surface area contributed by atoms with Gasteiger partial charge in [-0.3, -0.25) is 4.79 Å². The first-order valence-electron chi connectivity index (χ1n) is 4.36. The van der Waals surface area contributed by atoms with Crippen molar-refractivity contribution in [3.05, 3.63) is 0 Å². The highest BCUT2D eigenvalue weighted by Crippen LogP contribution is 1.98. The molecule has 0 radical (unpaired) electrons. The zero-order chi connectivity index (χ0) is 9.56. The molecule has 0 bridgehead atoms. The molecule has 0 fully saturated rings. The molecule has 0 rings (SSSR count). The van der Waals surface area contributed by atoms with Gasteiger partial charge in [-0.15, -0.1) is 0 Å². The Kier molecular flexibility index (Phi) is 5.93. The normalized spacial score (nSPS) is 13.4.